The molecule has 0 aromatic heterocycles. The summed E-state index contributed by atoms with van der Waals surface area (Å²) < 4.78 is 61.0. The standard InChI is InChI=1S/C79H144O16P2/c1-4-7-10-13-16-19-22-25-27-28-29-30-31-32-33-34-35-36-37-38-39-40-41-42-43-44-46-49-50-53-56-59-62-65-77(82)89-68-74(80)69-91-96(85,86)92-70-75(81)71-93-97(87,88)94-73-76(95-79(84)67-64-61-58-55-52-47-24-21-18-15-12-9-6-3)72-90-78(83)66-63-60-57-54-51-48-45-26-23-20-17-14-11-8-5-2/h12,15-16,19,21,24-25,27,29-30,32-33,74-76,80-81H,4-11,13-14,17-18,20,22-23,26,28,31,34-73H2,1-3H3,(H,85,86)(H,87,88)/b15-12-,19-16-,24-21-,27-25-,30-29-,33-32-. The van der Waals surface area contributed by atoms with Crippen LogP contribution in [0.1, 0.15) is 355 Å². The number of hydrogen-bond donors (Lipinski definition) is 4. The first kappa shape index (κ1) is 94.0. The summed E-state index contributed by atoms with van der Waals surface area (Å²) in [5, 5.41) is 20.6. The first-order valence-corrected chi connectivity index (χ1v) is 42.2. The zero-order valence-electron chi connectivity index (χ0n) is 61.8. The molecule has 0 fully saturated rings. The van der Waals surface area contributed by atoms with E-state index in [-0.39, 0.29) is 19.3 Å². The van der Waals surface area contributed by atoms with Gasteiger partial charge in [-0.1, -0.05) is 318 Å². The van der Waals surface area contributed by atoms with Crippen LogP contribution in [-0.2, 0) is 55.8 Å². The zero-order valence-corrected chi connectivity index (χ0v) is 63.5. The number of phosphoric acid groups is 2. The number of hydrogen-bond acceptors (Lipinski definition) is 14. The van der Waals surface area contributed by atoms with Crippen LogP contribution in [0.2, 0.25) is 0 Å². The second-order valence-electron chi connectivity index (χ2n) is 26.5. The highest BCUT2D eigenvalue weighted by atomic mass is 31.2. The summed E-state index contributed by atoms with van der Waals surface area (Å²) in [6.45, 7) is 2.62. The number of aliphatic hydroxyl groups excluding tert-OH is 2. The molecular weight excluding hydrogens is 1270 g/mol. The molecule has 5 unspecified atom stereocenters. The third-order valence-corrected chi connectivity index (χ3v) is 18.8. The smallest absolute Gasteiger partial charge is 0.463 e. The molecule has 0 aromatic carbocycles. The Morgan fingerprint density at radius 1 is 0.289 bits per heavy atom. The summed E-state index contributed by atoms with van der Waals surface area (Å²) in [4.78, 5) is 58.5. The molecule has 0 saturated carbocycles. The number of aliphatic hydroxyl groups is 2. The molecule has 97 heavy (non-hydrogen) atoms. The lowest BCUT2D eigenvalue weighted by Crippen LogP contribution is -2.30. The molecule has 0 aliphatic heterocycles. The van der Waals surface area contributed by atoms with Crippen LogP contribution < -0.4 is 0 Å². The third kappa shape index (κ3) is 74.0. The molecule has 0 heterocycles. The number of allylic oxidation sites excluding steroid dienone is 12. The van der Waals surface area contributed by atoms with Crippen molar-refractivity contribution in [2.45, 2.75) is 373 Å². The van der Waals surface area contributed by atoms with Crippen LogP contribution in [0.25, 0.3) is 0 Å². The Bertz CT molecular complexity index is 2060. The van der Waals surface area contributed by atoms with Crippen LogP contribution in [0.5, 0.6) is 0 Å². The summed E-state index contributed by atoms with van der Waals surface area (Å²) in [7, 11) is -9.77. The molecule has 0 aliphatic carbocycles. The van der Waals surface area contributed by atoms with Crippen LogP contribution in [-0.4, -0.2) is 95.9 Å². The summed E-state index contributed by atoms with van der Waals surface area (Å²) >= 11 is 0. The summed E-state index contributed by atoms with van der Waals surface area (Å²) in [5.41, 5.74) is 0. The minimum atomic E-state index is -4.92. The van der Waals surface area contributed by atoms with Gasteiger partial charge in [-0.15, -0.1) is 0 Å². The molecule has 0 radical (unpaired) electrons. The highest BCUT2D eigenvalue weighted by Gasteiger charge is 2.29. The van der Waals surface area contributed by atoms with Gasteiger partial charge in [0.2, 0.25) is 0 Å². The summed E-state index contributed by atoms with van der Waals surface area (Å²) in [6.07, 6.45) is 79.8. The van der Waals surface area contributed by atoms with E-state index in [9.17, 15) is 43.5 Å². The van der Waals surface area contributed by atoms with E-state index in [1.807, 2.05) is 0 Å². The lowest BCUT2D eigenvalue weighted by molar-refractivity contribution is -0.161. The molecule has 0 bridgehead atoms. The minimum Gasteiger partial charge on any atom is -0.463 e. The van der Waals surface area contributed by atoms with Crippen molar-refractivity contribution in [2.24, 2.45) is 0 Å². The van der Waals surface area contributed by atoms with E-state index >= 15 is 0 Å². The largest absolute Gasteiger partial charge is 0.472 e. The van der Waals surface area contributed by atoms with Gasteiger partial charge in [-0.2, -0.15) is 0 Å². The average molecular weight is 1410 g/mol. The third-order valence-electron chi connectivity index (χ3n) is 16.9. The lowest BCUT2D eigenvalue weighted by atomic mass is 10.0. The van der Waals surface area contributed by atoms with Crippen molar-refractivity contribution in [1.29, 1.82) is 0 Å². The van der Waals surface area contributed by atoms with Gasteiger partial charge in [0, 0.05) is 19.3 Å². The van der Waals surface area contributed by atoms with Crippen LogP contribution in [0.15, 0.2) is 72.9 Å². The molecule has 5 atom stereocenters. The van der Waals surface area contributed by atoms with Crippen LogP contribution in [0.4, 0.5) is 0 Å². The van der Waals surface area contributed by atoms with Gasteiger partial charge in [-0.05, 0) is 89.9 Å². The highest BCUT2D eigenvalue weighted by Crippen LogP contribution is 2.45. The maximum atomic E-state index is 12.9. The molecule has 0 rings (SSSR count). The summed E-state index contributed by atoms with van der Waals surface area (Å²) in [5.74, 6) is -1.57. The minimum absolute atomic E-state index is 0.0929. The molecule has 566 valence electrons. The molecule has 0 aliphatic rings. The first-order valence-electron chi connectivity index (χ1n) is 39.2. The van der Waals surface area contributed by atoms with Crippen molar-refractivity contribution >= 4 is 33.6 Å². The fourth-order valence-corrected chi connectivity index (χ4v) is 12.5. The molecule has 18 heteroatoms. The van der Waals surface area contributed by atoms with Crippen molar-refractivity contribution in [2.75, 3.05) is 39.6 Å². The zero-order chi connectivity index (χ0) is 70.9. The number of ether oxygens (including phenoxy) is 3. The normalized spacial score (nSPS) is 14.4. The van der Waals surface area contributed by atoms with E-state index in [4.69, 9.17) is 32.3 Å². The van der Waals surface area contributed by atoms with E-state index in [2.05, 4.69) is 93.7 Å². The van der Waals surface area contributed by atoms with Crippen LogP contribution in [0.3, 0.4) is 0 Å². The Morgan fingerprint density at radius 3 is 0.876 bits per heavy atom. The molecule has 0 spiro atoms. The van der Waals surface area contributed by atoms with Gasteiger partial charge in [0.1, 0.15) is 25.4 Å². The number of carbonyl (C=O) groups is 3. The van der Waals surface area contributed by atoms with Crippen LogP contribution in [0, 0.1) is 0 Å². The molecule has 16 nitrogen and oxygen atoms in total. The van der Waals surface area contributed by atoms with E-state index < -0.39 is 91.5 Å². The number of rotatable bonds is 75. The van der Waals surface area contributed by atoms with Crippen molar-refractivity contribution < 1.29 is 75.8 Å². The molecular formula is C79H144O16P2. The fourth-order valence-electron chi connectivity index (χ4n) is 10.9. The monoisotopic (exact) mass is 1410 g/mol. The molecule has 0 aromatic rings. The maximum absolute atomic E-state index is 12.9. The Labute approximate surface area is 592 Å². The Morgan fingerprint density at radius 2 is 0.536 bits per heavy atom. The number of esters is 3. The Hall–Kier alpha value is -3.01. The number of unbranched alkanes of at least 4 members (excludes halogenated alkanes) is 40. The topological polar surface area (TPSA) is 231 Å². The number of phosphoric ester groups is 2. The highest BCUT2D eigenvalue weighted by molar-refractivity contribution is 7.47. The molecule has 0 amide bonds. The van der Waals surface area contributed by atoms with Gasteiger partial charge in [0.15, 0.2) is 6.10 Å². The van der Waals surface area contributed by atoms with Crippen molar-refractivity contribution in [3.63, 3.8) is 0 Å². The molecule has 0 saturated heterocycles. The van der Waals surface area contributed by atoms with Gasteiger partial charge < -0.3 is 34.2 Å². The second kappa shape index (κ2) is 72.8. The van der Waals surface area contributed by atoms with Gasteiger partial charge >= 0.3 is 33.6 Å². The van der Waals surface area contributed by atoms with Crippen molar-refractivity contribution in [1.82, 2.24) is 0 Å². The van der Waals surface area contributed by atoms with Gasteiger partial charge in [-0.3, -0.25) is 32.5 Å². The molecule has 4 N–H and O–H groups in total. The predicted molar refractivity (Wildman–Crippen MR) is 399 cm³/mol. The van der Waals surface area contributed by atoms with E-state index in [0.29, 0.717) is 19.3 Å². The van der Waals surface area contributed by atoms with Crippen LogP contribution >= 0.6 is 15.6 Å². The average Bonchev–Trinajstić information content (AvgIpc) is 1.74. The maximum Gasteiger partial charge on any atom is 0.472 e. The Kier molecular flexibility index (Phi) is 70.5. The van der Waals surface area contributed by atoms with Gasteiger partial charge in [-0.25, -0.2) is 9.13 Å². The SMILES string of the molecule is CCC/C=C\C/C=C\CCCCCCCC(=O)OC(COC(=O)CCCCCCCCCCCCCCCCC)COP(=O)(O)OCC(O)COP(=O)(O)OCC(O)COC(=O)CCCCCCCCCCCCCCCCCCC/C=C\C/C=C\C/C=C\C/C=C\CCCCC. The number of carbonyl (C=O) groups excluding carboxylic acids is 3. The first-order chi connectivity index (χ1) is 47.2. The predicted octanol–water partition coefficient (Wildman–Crippen LogP) is 22.7. The van der Waals surface area contributed by atoms with E-state index in [0.717, 1.165) is 109 Å². The fraction of sp³-hybridized carbons (Fsp3) is 0.810. The summed E-state index contributed by atoms with van der Waals surface area (Å²) in [6, 6.07) is 0. The van der Waals surface area contributed by atoms with E-state index in [1.54, 1.807) is 0 Å². The van der Waals surface area contributed by atoms with Crippen molar-refractivity contribution in [3.05, 3.63) is 72.9 Å². The quantitative estimate of drug-likeness (QED) is 0.0146. The van der Waals surface area contributed by atoms with E-state index in [1.165, 1.54) is 186 Å². The Balaban J connectivity index is 4.33. The second-order valence-corrected chi connectivity index (χ2v) is 29.4. The van der Waals surface area contributed by atoms with Gasteiger partial charge in [0.25, 0.3) is 0 Å². The van der Waals surface area contributed by atoms with Gasteiger partial charge in [0.05, 0.1) is 26.4 Å². The van der Waals surface area contributed by atoms with Crippen molar-refractivity contribution in [3.8, 4) is 0 Å². The lowest BCUT2D eigenvalue weighted by Gasteiger charge is -2.21.